The second-order valence-electron chi connectivity index (χ2n) is 3.14. The maximum atomic E-state index is 11.4. The predicted octanol–water partition coefficient (Wildman–Crippen LogP) is 0.342. The molecule has 0 atom stereocenters. The van der Waals surface area contributed by atoms with Crippen molar-refractivity contribution in [3.05, 3.63) is 23.5 Å². The number of Topliss-reactive ketones (excluding diaryl/α,β-unsaturated/α-hetero) is 1. The van der Waals surface area contributed by atoms with Gasteiger partial charge in [-0.1, -0.05) is 0 Å². The molecule has 2 heterocycles. The summed E-state index contributed by atoms with van der Waals surface area (Å²) >= 11 is 0. The SMILES string of the molecule is O=C1CC(=O)n2c(ccc2C(=O)O)C1. The molecule has 1 N–H and O–H groups in total. The quantitative estimate of drug-likeness (QED) is 0.652. The Morgan fingerprint density at radius 2 is 2.00 bits per heavy atom. The lowest BCUT2D eigenvalue weighted by molar-refractivity contribution is -0.118. The highest BCUT2D eigenvalue weighted by molar-refractivity contribution is 6.05. The first-order valence-corrected chi connectivity index (χ1v) is 4.08. The second-order valence-corrected chi connectivity index (χ2v) is 3.14. The number of aromatic nitrogens is 1. The largest absolute Gasteiger partial charge is 0.477 e. The van der Waals surface area contributed by atoms with Crippen LogP contribution in [-0.4, -0.2) is 27.3 Å². The molecule has 2 rings (SSSR count). The van der Waals surface area contributed by atoms with Crippen LogP contribution in [0.3, 0.4) is 0 Å². The summed E-state index contributed by atoms with van der Waals surface area (Å²) in [6, 6.07) is 2.84. The molecule has 5 heteroatoms. The van der Waals surface area contributed by atoms with E-state index in [-0.39, 0.29) is 24.3 Å². The molecular formula is C9H7NO4. The fourth-order valence-electron chi connectivity index (χ4n) is 1.59. The molecule has 0 aromatic carbocycles. The summed E-state index contributed by atoms with van der Waals surface area (Å²) in [6.45, 7) is 0. The first kappa shape index (κ1) is 8.68. The van der Waals surface area contributed by atoms with Crippen molar-refractivity contribution in [1.82, 2.24) is 4.57 Å². The fourth-order valence-corrected chi connectivity index (χ4v) is 1.59. The van der Waals surface area contributed by atoms with Gasteiger partial charge in [-0.05, 0) is 12.1 Å². The molecule has 0 radical (unpaired) electrons. The molecule has 72 valence electrons. The van der Waals surface area contributed by atoms with Crippen molar-refractivity contribution in [2.75, 3.05) is 0 Å². The van der Waals surface area contributed by atoms with Crippen molar-refractivity contribution in [3.8, 4) is 0 Å². The van der Waals surface area contributed by atoms with E-state index in [0.29, 0.717) is 5.69 Å². The van der Waals surface area contributed by atoms with Gasteiger partial charge in [-0.25, -0.2) is 4.79 Å². The summed E-state index contributed by atoms with van der Waals surface area (Å²) in [4.78, 5) is 33.1. The van der Waals surface area contributed by atoms with Crippen LogP contribution in [0.2, 0.25) is 0 Å². The van der Waals surface area contributed by atoms with Crippen LogP contribution >= 0.6 is 0 Å². The van der Waals surface area contributed by atoms with Crippen LogP contribution < -0.4 is 0 Å². The Labute approximate surface area is 78.9 Å². The van der Waals surface area contributed by atoms with Gasteiger partial charge in [0.05, 0.1) is 6.42 Å². The van der Waals surface area contributed by atoms with E-state index in [1.165, 1.54) is 12.1 Å². The molecule has 1 aliphatic heterocycles. The van der Waals surface area contributed by atoms with Gasteiger partial charge < -0.3 is 5.11 Å². The fraction of sp³-hybridized carbons (Fsp3) is 0.222. The normalized spacial score (nSPS) is 15.4. The van der Waals surface area contributed by atoms with Crippen LogP contribution in [-0.2, 0) is 11.2 Å². The van der Waals surface area contributed by atoms with E-state index in [9.17, 15) is 14.4 Å². The minimum atomic E-state index is -1.15. The Bertz CT molecular complexity index is 444. The number of hydrogen-bond donors (Lipinski definition) is 1. The highest BCUT2D eigenvalue weighted by Crippen LogP contribution is 2.16. The molecular weight excluding hydrogens is 186 g/mol. The standard InChI is InChI=1S/C9H7NO4/c11-6-3-5-1-2-7(9(13)14)10(5)8(12)4-6/h1-2H,3-4H2,(H,13,14). The first-order valence-electron chi connectivity index (χ1n) is 4.08. The number of nitrogens with zero attached hydrogens (tertiary/aromatic N) is 1. The number of aromatic carboxylic acids is 1. The average molecular weight is 193 g/mol. The number of ketones is 1. The van der Waals surface area contributed by atoms with Gasteiger partial charge in [0.15, 0.2) is 0 Å². The molecule has 1 aliphatic rings. The minimum absolute atomic E-state index is 0.0718. The van der Waals surface area contributed by atoms with Crippen molar-refractivity contribution in [3.63, 3.8) is 0 Å². The zero-order chi connectivity index (χ0) is 10.3. The molecule has 0 fully saturated rings. The van der Waals surface area contributed by atoms with E-state index in [1.807, 2.05) is 0 Å². The van der Waals surface area contributed by atoms with E-state index in [1.54, 1.807) is 0 Å². The number of fused-ring (bicyclic) bond motifs is 1. The van der Waals surface area contributed by atoms with Gasteiger partial charge in [-0.2, -0.15) is 0 Å². The monoisotopic (exact) mass is 193 g/mol. The maximum absolute atomic E-state index is 11.4. The van der Waals surface area contributed by atoms with E-state index < -0.39 is 11.9 Å². The molecule has 0 spiro atoms. The number of carbonyl (C=O) groups excluding carboxylic acids is 2. The molecule has 0 saturated carbocycles. The third-order valence-electron chi connectivity index (χ3n) is 2.16. The van der Waals surface area contributed by atoms with Gasteiger partial charge in [-0.15, -0.1) is 0 Å². The van der Waals surface area contributed by atoms with Crippen LogP contribution in [0, 0.1) is 0 Å². The van der Waals surface area contributed by atoms with Gasteiger partial charge >= 0.3 is 5.97 Å². The minimum Gasteiger partial charge on any atom is -0.477 e. The topological polar surface area (TPSA) is 76.4 Å². The highest BCUT2D eigenvalue weighted by Gasteiger charge is 2.26. The number of carboxylic acids is 1. The van der Waals surface area contributed by atoms with Gasteiger partial charge in [0.25, 0.3) is 0 Å². The van der Waals surface area contributed by atoms with Crippen LogP contribution in [0.1, 0.15) is 27.4 Å². The van der Waals surface area contributed by atoms with Gasteiger partial charge in [0, 0.05) is 12.1 Å². The number of carboxylic acid groups (broad SMARTS) is 1. The van der Waals surface area contributed by atoms with Gasteiger partial charge in [-0.3, -0.25) is 14.2 Å². The number of carbonyl (C=O) groups is 3. The van der Waals surface area contributed by atoms with Crippen molar-refractivity contribution in [1.29, 1.82) is 0 Å². The molecule has 0 unspecified atom stereocenters. The lowest BCUT2D eigenvalue weighted by Gasteiger charge is -2.13. The Balaban J connectivity index is 2.57. The van der Waals surface area contributed by atoms with E-state index in [0.717, 1.165) is 4.57 Å². The van der Waals surface area contributed by atoms with Crippen LogP contribution in [0.5, 0.6) is 0 Å². The lowest BCUT2D eigenvalue weighted by atomic mass is 10.1. The Morgan fingerprint density at radius 3 is 2.64 bits per heavy atom. The Morgan fingerprint density at radius 1 is 1.29 bits per heavy atom. The average Bonchev–Trinajstić information content (AvgIpc) is 2.47. The first-order chi connectivity index (χ1) is 6.59. The molecule has 14 heavy (non-hydrogen) atoms. The molecule has 1 aromatic heterocycles. The summed E-state index contributed by atoms with van der Waals surface area (Å²) < 4.78 is 1.10. The molecule has 0 aliphatic carbocycles. The van der Waals surface area contributed by atoms with Gasteiger partial charge in [0.1, 0.15) is 11.5 Å². The summed E-state index contributed by atoms with van der Waals surface area (Å²) in [5.41, 5.74) is 0.390. The number of hydrogen-bond acceptors (Lipinski definition) is 3. The zero-order valence-electron chi connectivity index (χ0n) is 7.19. The summed E-state index contributed by atoms with van der Waals surface area (Å²) in [5, 5.41) is 8.76. The third-order valence-corrected chi connectivity index (χ3v) is 2.16. The Hall–Kier alpha value is -1.91. The molecule has 0 amide bonds. The molecule has 0 bridgehead atoms. The maximum Gasteiger partial charge on any atom is 0.352 e. The summed E-state index contributed by atoms with van der Waals surface area (Å²) in [6.07, 6.45) is -0.0685. The van der Waals surface area contributed by atoms with E-state index >= 15 is 0 Å². The summed E-state index contributed by atoms with van der Waals surface area (Å²) in [7, 11) is 0. The van der Waals surface area contributed by atoms with Crippen molar-refractivity contribution in [2.45, 2.75) is 12.8 Å². The smallest absolute Gasteiger partial charge is 0.352 e. The second kappa shape index (κ2) is 2.80. The van der Waals surface area contributed by atoms with Crippen LogP contribution in [0.25, 0.3) is 0 Å². The van der Waals surface area contributed by atoms with E-state index in [2.05, 4.69) is 0 Å². The van der Waals surface area contributed by atoms with Crippen molar-refractivity contribution in [2.24, 2.45) is 0 Å². The Kier molecular flexibility index (Phi) is 1.73. The number of rotatable bonds is 1. The van der Waals surface area contributed by atoms with Crippen molar-refractivity contribution < 1.29 is 19.5 Å². The lowest BCUT2D eigenvalue weighted by Crippen LogP contribution is -2.28. The predicted molar refractivity (Wildman–Crippen MR) is 45.3 cm³/mol. The molecule has 1 aromatic rings. The van der Waals surface area contributed by atoms with Crippen LogP contribution in [0.4, 0.5) is 0 Å². The van der Waals surface area contributed by atoms with Crippen LogP contribution in [0.15, 0.2) is 12.1 Å². The molecule has 5 nitrogen and oxygen atoms in total. The van der Waals surface area contributed by atoms with Crippen molar-refractivity contribution >= 4 is 17.7 Å². The summed E-state index contributed by atoms with van der Waals surface area (Å²) in [5.74, 6) is -1.78. The highest BCUT2D eigenvalue weighted by atomic mass is 16.4. The zero-order valence-corrected chi connectivity index (χ0v) is 7.19. The van der Waals surface area contributed by atoms with Gasteiger partial charge in [0.2, 0.25) is 5.91 Å². The molecule has 0 saturated heterocycles. The van der Waals surface area contributed by atoms with E-state index in [4.69, 9.17) is 5.11 Å². The third kappa shape index (κ3) is 1.14.